The average Bonchev–Trinajstić information content (AvgIpc) is 3.02. The first kappa shape index (κ1) is 19.2. The molecule has 146 valence electrons. The van der Waals surface area contributed by atoms with Gasteiger partial charge in [-0.15, -0.1) is 0 Å². The highest BCUT2D eigenvalue weighted by atomic mass is 16.2. The van der Waals surface area contributed by atoms with E-state index in [-0.39, 0.29) is 12.3 Å². The van der Waals surface area contributed by atoms with E-state index in [0.717, 1.165) is 49.4 Å². The molecule has 1 N–H and O–H groups in total. The van der Waals surface area contributed by atoms with Gasteiger partial charge in [0.15, 0.2) is 5.82 Å². The second-order valence-corrected chi connectivity index (χ2v) is 6.93. The number of anilines is 2. The molecule has 0 unspecified atom stereocenters. The van der Waals surface area contributed by atoms with E-state index in [1.807, 2.05) is 23.7 Å². The normalized spacial score (nSPS) is 15.1. The molecule has 27 heavy (non-hydrogen) atoms. The van der Waals surface area contributed by atoms with E-state index in [4.69, 9.17) is 0 Å². The predicted molar refractivity (Wildman–Crippen MR) is 107 cm³/mol. The SMILES string of the molecule is CCN1CCN(c2ccc3c(N(C)CCC(=O)NC=O)nn(C)c3c2)CC1. The monoisotopic (exact) mass is 372 g/mol. The smallest absolute Gasteiger partial charge is 0.228 e. The molecular weight excluding hydrogens is 344 g/mol. The molecule has 0 saturated carbocycles. The fraction of sp³-hybridized carbons (Fsp3) is 0.526. The number of piperazine rings is 1. The van der Waals surface area contributed by atoms with Crippen LogP contribution in [0.4, 0.5) is 11.5 Å². The van der Waals surface area contributed by atoms with Crippen molar-refractivity contribution < 1.29 is 9.59 Å². The molecule has 8 nitrogen and oxygen atoms in total. The summed E-state index contributed by atoms with van der Waals surface area (Å²) in [4.78, 5) is 28.7. The minimum Gasteiger partial charge on any atom is -0.369 e. The molecule has 8 heteroatoms. The summed E-state index contributed by atoms with van der Waals surface area (Å²) in [5, 5.41) is 7.87. The van der Waals surface area contributed by atoms with Gasteiger partial charge in [0, 0.05) is 64.3 Å². The third-order valence-corrected chi connectivity index (χ3v) is 5.26. The number of amides is 2. The van der Waals surface area contributed by atoms with Crippen molar-refractivity contribution in [1.29, 1.82) is 0 Å². The Labute approximate surface area is 159 Å². The van der Waals surface area contributed by atoms with E-state index in [2.05, 4.69) is 45.3 Å². The number of aromatic nitrogens is 2. The van der Waals surface area contributed by atoms with Crippen molar-refractivity contribution >= 4 is 34.7 Å². The molecule has 3 rings (SSSR count). The molecule has 0 atom stereocenters. The van der Waals surface area contributed by atoms with Crippen LogP contribution in [0.1, 0.15) is 13.3 Å². The van der Waals surface area contributed by atoms with Crippen LogP contribution >= 0.6 is 0 Å². The number of likely N-dealkylation sites (N-methyl/N-ethyl adjacent to an activating group) is 1. The van der Waals surface area contributed by atoms with Gasteiger partial charge in [0.05, 0.1) is 5.52 Å². The average molecular weight is 372 g/mol. The molecule has 1 aliphatic rings. The Bertz CT molecular complexity index is 810. The van der Waals surface area contributed by atoms with E-state index < -0.39 is 0 Å². The van der Waals surface area contributed by atoms with E-state index in [1.165, 1.54) is 5.69 Å². The molecule has 1 fully saturated rings. The number of benzene rings is 1. The first-order valence-electron chi connectivity index (χ1n) is 9.41. The zero-order valence-corrected chi connectivity index (χ0v) is 16.3. The van der Waals surface area contributed by atoms with Crippen LogP contribution in [-0.4, -0.2) is 73.3 Å². The fourth-order valence-corrected chi connectivity index (χ4v) is 3.54. The minimum absolute atomic E-state index is 0.243. The van der Waals surface area contributed by atoms with Gasteiger partial charge in [-0.3, -0.25) is 19.6 Å². The Morgan fingerprint density at radius 2 is 2.04 bits per heavy atom. The van der Waals surface area contributed by atoms with Crippen molar-refractivity contribution in [3.8, 4) is 0 Å². The van der Waals surface area contributed by atoms with E-state index >= 15 is 0 Å². The van der Waals surface area contributed by atoms with Gasteiger partial charge in [-0.25, -0.2) is 0 Å². The number of fused-ring (bicyclic) bond motifs is 1. The second kappa shape index (κ2) is 8.39. The largest absolute Gasteiger partial charge is 0.369 e. The van der Waals surface area contributed by atoms with Gasteiger partial charge in [0.1, 0.15) is 0 Å². The van der Waals surface area contributed by atoms with Crippen molar-refractivity contribution in [1.82, 2.24) is 20.0 Å². The van der Waals surface area contributed by atoms with Crippen LogP contribution < -0.4 is 15.1 Å². The highest BCUT2D eigenvalue weighted by Gasteiger charge is 2.18. The Morgan fingerprint density at radius 3 is 2.70 bits per heavy atom. The van der Waals surface area contributed by atoms with Gasteiger partial charge >= 0.3 is 0 Å². The van der Waals surface area contributed by atoms with Crippen LogP contribution in [0, 0.1) is 0 Å². The number of imide groups is 1. The van der Waals surface area contributed by atoms with Crippen LogP contribution in [0.5, 0.6) is 0 Å². The maximum absolute atomic E-state index is 11.5. The highest BCUT2D eigenvalue weighted by molar-refractivity contribution is 5.93. The van der Waals surface area contributed by atoms with Crippen LogP contribution in [0.15, 0.2) is 18.2 Å². The Kier molecular flexibility index (Phi) is 5.95. The van der Waals surface area contributed by atoms with Crippen molar-refractivity contribution in [2.45, 2.75) is 13.3 Å². The molecule has 1 aromatic carbocycles. The summed E-state index contributed by atoms with van der Waals surface area (Å²) >= 11 is 0. The number of hydrogen-bond donors (Lipinski definition) is 1. The predicted octanol–water partition coefficient (Wildman–Crippen LogP) is 0.814. The Balaban J connectivity index is 1.76. The fourth-order valence-electron chi connectivity index (χ4n) is 3.54. The first-order valence-corrected chi connectivity index (χ1v) is 9.41. The van der Waals surface area contributed by atoms with Gasteiger partial charge in [-0.1, -0.05) is 6.92 Å². The zero-order valence-electron chi connectivity index (χ0n) is 16.3. The van der Waals surface area contributed by atoms with Crippen LogP contribution in [-0.2, 0) is 16.6 Å². The molecular formula is C19H28N6O2. The van der Waals surface area contributed by atoms with Gasteiger partial charge in [0.2, 0.25) is 12.3 Å². The van der Waals surface area contributed by atoms with Crippen molar-refractivity contribution in [2.24, 2.45) is 7.05 Å². The summed E-state index contributed by atoms with van der Waals surface area (Å²) in [5.74, 6) is 0.555. The molecule has 2 heterocycles. The summed E-state index contributed by atoms with van der Waals surface area (Å²) in [6, 6.07) is 6.46. The van der Waals surface area contributed by atoms with Crippen molar-refractivity contribution in [3.63, 3.8) is 0 Å². The van der Waals surface area contributed by atoms with E-state index in [1.54, 1.807) is 0 Å². The van der Waals surface area contributed by atoms with E-state index in [0.29, 0.717) is 13.0 Å². The molecule has 2 aromatic rings. The van der Waals surface area contributed by atoms with Crippen LogP contribution in [0.25, 0.3) is 10.9 Å². The quantitative estimate of drug-likeness (QED) is 0.726. The number of aryl methyl sites for hydroxylation is 1. The summed E-state index contributed by atoms with van der Waals surface area (Å²) in [6.45, 7) is 8.07. The van der Waals surface area contributed by atoms with Gasteiger partial charge < -0.3 is 14.7 Å². The molecule has 0 radical (unpaired) electrons. The van der Waals surface area contributed by atoms with Crippen molar-refractivity contribution in [3.05, 3.63) is 18.2 Å². The highest BCUT2D eigenvalue weighted by Crippen LogP contribution is 2.29. The molecule has 2 amide bonds. The van der Waals surface area contributed by atoms with Crippen molar-refractivity contribution in [2.75, 3.05) is 56.1 Å². The summed E-state index contributed by atoms with van der Waals surface area (Å²) in [5.41, 5.74) is 2.30. The summed E-state index contributed by atoms with van der Waals surface area (Å²) in [7, 11) is 3.85. The van der Waals surface area contributed by atoms with Crippen LogP contribution in [0.3, 0.4) is 0 Å². The maximum atomic E-state index is 11.5. The summed E-state index contributed by atoms with van der Waals surface area (Å²) in [6.07, 6.45) is 0.660. The second-order valence-electron chi connectivity index (χ2n) is 6.93. The molecule has 1 aliphatic heterocycles. The third kappa shape index (κ3) is 4.21. The molecule has 1 aromatic heterocycles. The Hall–Kier alpha value is -2.61. The third-order valence-electron chi connectivity index (χ3n) is 5.26. The molecule has 0 bridgehead atoms. The van der Waals surface area contributed by atoms with E-state index in [9.17, 15) is 9.59 Å². The standard InChI is InChI=1S/C19H28N6O2/c1-4-24-9-11-25(12-10-24)15-5-6-16-17(13-15)23(3)21-19(16)22(2)8-7-18(27)20-14-26/h5-6,13-14H,4,7-12H2,1-3H3,(H,20,26,27). The minimum atomic E-state index is -0.286. The zero-order chi connectivity index (χ0) is 19.4. The number of carbonyl (C=O) groups is 2. The van der Waals surface area contributed by atoms with Gasteiger partial charge in [-0.2, -0.15) is 5.10 Å². The number of nitrogens with zero attached hydrogens (tertiary/aromatic N) is 5. The lowest BCUT2D eigenvalue weighted by Crippen LogP contribution is -2.46. The molecule has 0 aliphatic carbocycles. The molecule has 1 saturated heterocycles. The number of carbonyl (C=O) groups excluding carboxylic acids is 2. The number of hydrogen-bond acceptors (Lipinski definition) is 6. The lowest BCUT2D eigenvalue weighted by Gasteiger charge is -2.35. The Morgan fingerprint density at radius 1 is 1.30 bits per heavy atom. The number of rotatable bonds is 7. The first-order chi connectivity index (χ1) is 13.0. The maximum Gasteiger partial charge on any atom is 0.228 e. The number of nitrogens with one attached hydrogen (secondary N) is 1. The van der Waals surface area contributed by atoms with Gasteiger partial charge in [0.25, 0.3) is 0 Å². The molecule has 0 spiro atoms. The summed E-state index contributed by atoms with van der Waals surface area (Å²) < 4.78 is 1.89. The van der Waals surface area contributed by atoms with Gasteiger partial charge in [-0.05, 0) is 24.7 Å². The topological polar surface area (TPSA) is 73.7 Å². The van der Waals surface area contributed by atoms with Crippen LogP contribution in [0.2, 0.25) is 0 Å². The lowest BCUT2D eigenvalue weighted by atomic mass is 10.2. The lowest BCUT2D eigenvalue weighted by molar-refractivity contribution is -0.125.